The fraction of sp³-hybridized carbons (Fsp3) is 0.375. The molecule has 0 aliphatic carbocycles. The molecule has 0 radical (unpaired) electrons. The minimum Gasteiger partial charge on any atom is -0.494 e. The van der Waals surface area contributed by atoms with Crippen molar-refractivity contribution in [2.45, 2.75) is 33.4 Å². The SMILES string of the molecule is CCOc1cccc(CNC(C)c2nccnc2C)c1. The van der Waals surface area contributed by atoms with Gasteiger partial charge in [-0.15, -0.1) is 0 Å². The van der Waals surface area contributed by atoms with Crippen LogP contribution in [0, 0.1) is 6.92 Å². The molecule has 1 unspecified atom stereocenters. The van der Waals surface area contributed by atoms with Gasteiger partial charge in [0.05, 0.1) is 18.0 Å². The molecule has 1 aromatic heterocycles. The zero-order valence-electron chi connectivity index (χ0n) is 12.3. The van der Waals surface area contributed by atoms with Gasteiger partial charge in [0.25, 0.3) is 0 Å². The van der Waals surface area contributed by atoms with Gasteiger partial charge in [-0.3, -0.25) is 9.97 Å². The van der Waals surface area contributed by atoms with Crippen LogP contribution >= 0.6 is 0 Å². The lowest BCUT2D eigenvalue weighted by atomic mass is 10.1. The molecule has 0 bridgehead atoms. The van der Waals surface area contributed by atoms with Crippen molar-refractivity contribution in [2.75, 3.05) is 6.61 Å². The molecule has 4 heteroatoms. The van der Waals surface area contributed by atoms with E-state index in [-0.39, 0.29) is 6.04 Å². The van der Waals surface area contributed by atoms with Gasteiger partial charge in [0.15, 0.2) is 0 Å². The Balaban J connectivity index is 1.98. The Hall–Kier alpha value is -1.94. The van der Waals surface area contributed by atoms with Crippen LogP contribution in [0.5, 0.6) is 5.75 Å². The van der Waals surface area contributed by atoms with Crippen LogP contribution in [0.4, 0.5) is 0 Å². The van der Waals surface area contributed by atoms with Crippen molar-refractivity contribution in [1.82, 2.24) is 15.3 Å². The highest BCUT2D eigenvalue weighted by molar-refractivity contribution is 5.28. The number of hydrogen-bond donors (Lipinski definition) is 1. The van der Waals surface area contributed by atoms with Crippen LogP contribution in [0.25, 0.3) is 0 Å². The van der Waals surface area contributed by atoms with Crippen molar-refractivity contribution in [3.8, 4) is 5.75 Å². The second-order valence-corrected chi connectivity index (χ2v) is 4.71. The maximum Gasteiger partial charge on any atom is 0.119 e. The highest BCUT2D eigenvalue weighted by Gasteiger charge is 2.09. The highest BCUT2D eigenvalue weighted by atomic mass is 16.5. The van der Waals surface area contributed by atoms with Gasteiger partial charge in [0.1, 0.15) is 5.75 Å². The van der Waals surface area contributed by atoms with Crippen molar-refractivity contribution in [3.05, 3.63) is 53.6 Å². The van der Waals surface area contributed by atoms with E-state index in [9.17, 15) is 0 Å². The first kappa shape index (κ1) is 14.5. The fourth-order valence-electron chi connectivity index (χ4n) is 2.12. The van der Waals surface area contributed by atoms with Gasteiger partial charge in [-0.05, 0) is 38.5 Å². The zero-order chi connectivity index (χ0) is 14.4. The zero-order valence-corrected chi connectivity index (χ0v) is 12.3. The minimum absolute atomic E-state index is 0.166. The maximum atomic E-state index is 5.51. The van der Waals surface area contributed by atoms with E-state index in [2.05, 4.69) is 34.3 Å². The lowest BCUT2D eigenvalue weighted by Crippen LogP contribution is -2.20. The first-order valence-electron chi connectivity index (χ1n) is 6.93. The van der Waals surface area contributed by atoms with Gasteiger partial charge in [0, 0.05) is 25.0 Å². The normalized spacial score (nSPS) is 12.2. The number of aromatic nitrogens is 2. The number of benzene rings is 1. The highest BCUT2D eigenvalue weighted by Crippen LogP contribution is 2.16. The molecule has 0 saturated heterocycles. The van der Waals surface area contributed by atoms with E-state index in [1.165, 1.54) is 5.56 Å². The number of rotatable bonds is 6. The molecule has 0 aliphatic heterocycles. The van der Waals surface area contributed by atoms with E-state index >= 15 is 0 Å². The summed E-state index contributed by atoms with van der Waals surface area (Å²) in [5.41, 5.74) is 3.16. The average Bonchev–Trinajstić information content (AvgIpc) is 2.46. The van der Waals surface area contributed by atoms with Crippen LogP contribution in [-0.2, 0) is 6.54 Å². The number of ether oxygens (including phenoxy) is 1. The monoisotopic (exact) mass is 271 g/mol. The Kier molecular flexibility index (Phi) is 5.07. The number of aryl methyl sites for hydroxylation is 1. The molecule has 0 amide bonds. The summed E-state index contributed by atoms with van der Waals surface area (Å²) in [6.07, 6.45) is 3.45. The predicted molar refractivity (Wildman–Crippen MR) is 79.6 cm³/mol. The van der Waals surface area contributed by atoms with Gasteiger partial charge < -0.3 is 10.1 Å². The molecule has 2 rings (SSSR count). The van der Waals surface area contributed by atoms with Crippen LogP contribution < -0.4 is 10.1 Å². The molecule has 0 aliphatic rings. The van der Waals surface area contributed by atoms with E-state index in [1.807, 2.05) is 26.0 Å². The van der Waals surface area contributed by atoms with Crippen LogP contribution in [0.3, 0.4) is 0 Å². The maximum absolute atomic E-state index is 5.51. The second kappa shape index (κ2) is 7.01. The predicted octanol–water partition coefficient (Wildman–Crippen LogP) is 3.03. The third-order valence-electron chi connectivity index (χ3n) is 3.15. The average molecular weight is 271 g/mol. The molecular formula is C16H21N3O. The van der Waals surface area contributed by atoms with Crippen molar-refractivity contribution < 1.29 is 4.74 Å². The van der Waals surface area contributed by atoms with E-state index in [1.54, 1.807) is 12.4 Å². The molecular weight excluding hydrogens is 250 g/mol. The van der Waals surface area contributed by atoms with Crippen molar-refractivity contribution in [2.24, 2.45) is 0 Å². The number of nitrogens with one attached hydrogen (secondary N) is 1. The summed E-state index contributed by atoms with van der Waals surface area (Å²) in [5, 5.41) is 3.47. The van der Waals surface area contributed by atoms with Gasteiger partial charge in [-0.1, -0.05) is 12.1 Å². The first-order valence-corrected chi connectivity index (χ1v) is 6.93. The molecule has 1 N–H and O–H groups in total. The van der Waals surface area contributed by atoms with Crippen LogP contribution in [0.1, 0.15) is 36.8 Å². The smallest absolute Gasteiger partial charge is 0.119 e. The Bertz CT molecular complexity index is 557. The van der Waals surface area contributed by atoms with Crippen molar-refractivity contribution in [1.29, 1.82) is 0 Å². The molecule has 0 fully saturated rings. The van der Waals surface area contributed by atoms with Crippen molar-refractivity contribution >= 4 is 0 Å². The molecule has 0 spiro atoms. The summed E-state index contributed by atoms with van der Waals surface area (Å²) in [7, 11) is 0. The number of nitrogens with zero attached hydrogens (tertiary/aromatic N) is 2. The standard InChI is InChI=1S/C16H21N3O/c1-4-20-15-7-5-6-14(10-15)11-19-13(3)16-12(2)17-8-9-18-16/h5-10,13,19H,4,11H2,1-3H3. The number of hydrogen-bond acceptors (Lipinski definition) is 4. The molecule has 20 heavy (non-hydrogen) atoms. The van der Waals surface area contributed by atoms with E-state index in [0.29, 0.717) is 6.61 Å². The summed E-state index contributed by atoms with van der Waals surface area (Å²) in [4.78, 5) is 8.66. The van der Waals surface area contributed by atoms with Crippen LogP contribution in [-0.4, -0.2) is 16.6 Å². The van der Waals surface area contributed by atoms with Gasteiger partial charge in [-0.25, -0.2) is 0 Å². The lowest BCUT2D eigenvalue weighted by Gasteiger charge is -2.15. The molecule has 1 aromatic carbocycles. The lowest BCUT2D eigenvalue weighted by molar-refractivity contribution is 0.339. The quantitative estimate of drug-likeness (QED) is 0.877. The summed E-state index contributed by atoms with van der Waals surface area (Å²) in [6, 6.07) is 8.31. The van der Waals surface area contributed by atoms with E-state index in [0.717, 1.165) is 23.7 Å². The van der Waals surface area contributed by atoms with Gasteiger partial charge in [0.2, 0.25) is 0 Å². The van der Waals surface area contributed by atoms with Crippen LogP contribution in [0.2, 0.25) is 0 Å². The van der Waals surface area contributed by atoms with E-state index in [4.69, 9.17) is 4.74 Å². The van der Waals surface area contributed by atoms with Crippen LogP contribution in [0.15, 0.2) is 36.7 Å². The third kappa shape index (κ3) is 3.78. The van der Waals surface area contributed by atoms with Gasteiger partial charge in [-0.2, -0.15) is 0 Å². The molecule has 106 valence electrons. The molecule has 0 saturated carbocycles. The minimum atomic E-state index is 0.166. The Morgan fingerprint density at radius 1 is 1.25 bits per heavy atom. The summed E-state index contributed by atoms with van der Waals surface area (Å²) in [5.74, 6) is 0.912. The topological polar surface area (TPSA) is 47.0 Å². The third-order valence-corrected chi connectivity index (χ3v) is 3.15. The van der Waals surface area contributed by atoms with E-state index < -0.39 is 0 Å². The second-order valence-electron chi connectivity index (χ2n) is 4.71. The first-order chi connectivity index (χ1) is 9.70. The molecule has 2 aromatic rings. The Labute approximate surface area is 120 Å². The molecule has 4 nitrogen and oxygen atoms in total. The van der Waals surface area contributed by atoms with Gasteiger partial charge >= 0.3 is 0 Å². The summed E-state index contributed by atoms with van der Waals surface area (Å²) < 4.78 is 5.51. The van der Waals surface area contributed by atoms with Crippen molar-refractivity contribution in [3.63, 3.8) is 0 Å². The largest absolute Gasteiger partial charge is 0.494 e. The summed E-state index contributed by atoms with van der Waals surface area (Å²) in [6.45, 7) is 7.54. The molecule has 1 atom stereocenters. The molecule has 1 heterocycles. The summed E-state index contributed by atoms with van der Waals surface area (Å²) >= 11 is 0. The fourth-order valence-corrected chi connectivity index (χ4v) is 2.12. The Morgan fingerprint density at radius 3 is 2.80 bits per heavy atom. The Morgan fingerprint density at radius 2 is 2.05 bits per heavy atom.